The molecule has 2 rings (SSSR count). The Balaban J connectivity index is 2.04. The summed E-state index contributed by atoms with van der Waals surface area (Å²) < 4.78 is 26.6. The maximum Gasteiger partial charge on any atom is 0.244 e. The highest BCUT2D eigenvalue weighted by Crippen LogP contribution is 2.25. The Labute approximate surface area is 142 Å². The number of halogens is 1. The van der Waals surface area contributed by atoms with Gasteiger partial charge < -0.3 is 10.6 Å². The van der Waals surface area contributed by atoms with Crippen LogP contribution in [0.1, 0.15) is 19.8 Å². The molecule has 1 aliphatic heterocycles. The summed E-state index contributed by atoms with van der Waals surface area (Å²) in [4.78, 5) is 13.9. The van der Waals surface area contributed by atoms with E-state index in [1.165, 1.54) is 10.4 Å². The van der Waals surface area contributed by atoms with Gasteiger partial charge in [0.25, 0.3) is 0 Å². The minimum absolute atomic E-state index is 0.101. The van der Waals surface area contributed by atoms with E-state index in [2.05, 4.69) is 0 Å². The molecule has 1 aliphatic rings. The smallest absolute Gasteiger partial charge is 0.244 e. The van der Waals surface area contributed by atoms with Crippen LogP contribution in [0.4, 0.5) is 0 Å². The Morgan fingerprint density at radius 2 is 1.87 bits per heavy atom. The van der Waals surface area contributed by atoms with E-state index in [4.69, 9.17) is 17.3 Å². The van der Waals surface area contributed by atoms with E-state index < -0.39 is 16.1 Å². The van der Waals surface area contributed by atoms with Crippen molar-refractivity contribution in [2.45, 2.75) is 30.7 Å². The second-order valence-corrected chi connectivity index (χ2v) is 7.87. The van der Waals surface area contributed by atoms with E-state index in [1.807, 2.05) is 6.92 Å². The van der Waals surface area contributed by atoms with Crippen molar-refractivity contribution in [3.05, 3.63) is 29.3 Å². The van der Waals surface area contributed by atoms with Crippen LogP contribution in [0.3, 0.4) is 0 Å². The third kappa shape index (κ3) is 4.03. The van der Waals surface area contributed by atoms with E-state index in [-0.39, 0.29) is 28.9 Å². The molecule has 1 atom stereocenters. The van der Waals surface area contributed by atoms with Crippen molar-refractivity contribution < 1.29 is 13.2 Å². The van der Waals surface area contributed by atoms with Crippen LogP contribution in [0, 0.1) is 0 Å². The molecule has 0 radical (unpaired) electrons. The summed E-state index contributed by atoms with van der Waals surface area (Å²) >= 11 is 6.00. The van der Waals surface area contributed by atoms with Gasteiger partial charge in [-0.3, -0.25) is 4.79 Å². The highest BCUT2D eigenvalue weighted by molar-refractivity contribution is 7.89. The predicted octanol–water partition coefficient (Wildman–Crippen LogP) is 1.30. The second-order valence-electron chi connectivity index (χ2n) is 5.55. The quantitative estimate of drug-likeness (QED) is 0.858. The van der Waals surface area contributed by atoms with E-state index in [9.17, 15) is 13.2 Å². The highest BCUT2D eigenvalue weighted by Gasteiger charge is 2.32. The maximum atomic E-state index is 12.6. The Morgan fingerprint density at radius 3 is 2.43 bits per heavy atom. The Morgan fingerprint density at radius 1 is 1.26 bits per heavy atom. The summed E-state index contributed by atoms with van der Waals surface area (Å²) in [5.41, 5.74) is 5.85. The van der Waals surface area contributed by atoms with Gasteiger partial charge in [-0.25, -0.2) is 8.42 Å². The molecule has 1 saturated heterocycles. The fourth-order valence-corrected chi connectivity index (χ4v) is 4.53. The lowest BCUT2D eigenvalue weighted by atomic mass is 10.1. The lowest BCUT2D eigenvalue weighted by Gasteiger charge is -2.35. The molecule has 0 aromatic heterocycles. The molecule has 1 aromatic rings. The highest BCUT2D eigenvalue weighted by atomic mass is 35.5. The number of carbonyl (C=O) groups excluding carboxylic acids is 1. The summed E-state index contributed by atoms with van der Waals surface area (Å²) in [6.45, 7) is 3.16. The number of hydrogen-bond acceptors (Lipinski definition) is 4. The van der Waals surface area contributed by atoms with Gasteiger partial charge in [-0.15, -0.1) is 0 Å². The number of piperazine rings is 1. The molecule has 1 aromatic carbocycles. The van der Waals surface area contributed by atoms with Crippen molar-refractivity contribution in [2.24, 2.45) is 5.73 Å². The van der Waals surface area contributed by atoms with E-state index in [0.29, 0.717) is 19.5 Å². The minimum atomic E-state index is -3.64. The molecule has 23 heavy (non-hydrogen) atoms. The van der Waals surface area contributed by atoms with Crippen molar-refractivity contribution in [3.63, 3.8) is 0 Å². The van der Waals surface area contributed by atoms with Crippen LogP contribution in [0.5, 0.6) is 0 Å². The Hall–Kier alpha value is -1.15. The number of nitrogens with zero attached hydrogens (tertiary/aromatic N) is 2. The van der Waals surface area contributed by atoms with Gasteiger partial charge in [0.1, 0.15) is 4.90 Å². The van der Waals surface area contributed by atoms with Crippen molar-refractivity contribution in [2.75, 3.05) is 26.2 Å². The predicted molar refractivity (Wildman–Crippen MR) is 89.7 cm³/mol. The molecule has 1 heterocycles. The number of sulfonamides is 1. The Kier molecular flexibility index (Phi) is 6.02. The van der Waals surface area contributed by atoms with Crippen LogP contribution in [0.15, 0.2) is 29.2 Å². The average molecular weight is 360 g/mol. The zero-order chi connectivity index (χ0) is 17.0. The van der Waals surface area contributed by atoms with Crippen LogP contribution < -0.4 is 5.73 Å². The molecule has 2 N–H and O–H groups in total. The minimum Gasteiger partial charge on any atom is -0.339 e. The fourth-order valence-electron chi connectivity index (χ4n) is 2.61. The third-order valence-corrected chi connectivity index (χ3v) is 6.32. The van der Waals surface area contributed by atoms with Crippen molar-refractivity contribution in [3.8, 4) is 0 Å². The van der Waals surface area contributed by atoms with Gasteiger partial charge >= 0.3 is 0 Å². The fraction of sp³-hybridized carbons (Fsp3) is 0.533. The maximum absolute atomic E-state index is 12.6. The first-order valence-electron chi connectivity index (χ1n) is 7.67. The lowest BCUT2D eigenvalue weighted by molar-refractivity contribution is -0.133. The van der Waals surface area contributed by atoms with Gasteiger partial charge in [0.05, 0.1) is 11.1 Å². The van der Waals surface area contributed by atoms with Crippen molar-refractivity contribution in [1.82, 2.24) is 9.21 Å². The van der Waals surface area contributed by atoms with Crippen molar-refractivity contribution in [1.29, 1.82) is 0 Å². The molecular weight excluding hydrogens is 338 g/mol. The van der Waals surface area contributed by atoms with Gasteiger partial charge in [-0.05, 0) is 18.6 Å². The summed E-state index contributed by atoms with van der Waals surface area (Å²) in [6, 6.07) is 5.87. The number of hydrogen-bond donors (Lipinski definition) is 1. The van der Waals surface area contributed by atoms with Crippen LogP contribution >= 0.6 is 11.6 Å². The average Bonchev–Trinajstić information content (AvgIpc) is 2.54. The SMILES string of the molecule is CCCC(N)C(=O)N1CCN(S(=O)(=O)c2ccccc2Cl)CC1. The number of nitrogens with two attached hydrogens (primary N) is 1. The zero-order valence-corrected chi connectivity index (χ0v) is 14.7. The molecule has 0 bridgehead atoms. The largest absolute Gasteiger partial charge is 0.339 e. The molecule has 1 unspecified atom stereocenters. The number of carbonyl (C=O) groups is 1. The molecular formula is C15H22ClN3O3S. The van der Waals surface area contributed by atoms with Crippen molar-refractivity contribution >= 4 is 27.5 Å². The molecule has 0 saturated carbocycles. The van der Waals surface area contributed by atoms with Crippen LogP contribution in [0.2, 0.25) is 5.02 Å². The first-order chi connectivity index (χ1) is 10.9. The monoisotopic (exact) mass is 359 g/mol. The van der Waals surface area contributed by atoms with E-state index >= 15 is 0 Å². The molecule has 0 spiro atoms. The number of rotatable bonds is 5. The topological polar surface area (TPSA) is 83.7 Å². The molecule has 6 nitrogen and oxygen atoms in total. The van der Waals surface area contributed by atoms with Crippen LogP contribution in [0.25, 0.3) is 0 Å². The molecule has 8 heteroatoms. The normalized spacial score (nSPS) is 18.0. The molecule has 1 fully saturated rings. The van der Waals surface area contributed by atoms with Crippen LogP contribution in [-0.4, -0.2) is 55.8 Å². The molecule has 128 valence electrons. The zero-order valence-electron chi connectivity index (χ0n) is 13.1. The summed E-state index contributed by atoms with van der Waals surface area (Å²) in [5, 5.41) is 0.205. The summed E-state index contributed by atoms with van der Waals surface area (Å²) in [6.07, 6.45) is 1.48. The Bertz CT molecular complexity index is 658. The first kappa shape index (κ1) is 18.2. The number of amides is 1. The molecule has 1 amide bonds. The lowest BCUT2D eigenvalue weighted by Crippen LogP contribution is -2.54. The standard InChI is InChI=1S/C15H22ClN3O3S/c1-2-5-13(17)15(20)18-8-10-19(11-9-18)23(21,22)14-7-4-3-6-12(14)16/h3-4,6-7,13H,2,5,8-11,17H2,1H3. The van der Waals surface area contributed by atoms with E-state index in [0.717, 1.165) is 6.42 Å². The van der Waals surface area contributed by atoms with Gasteiger partial charge in [-0.1, -0.05) is 37.1 Å². The second kappa shape index (κ2) is 7.61. The first-order valence-corrected chi connectivity index (χ1v) is 9.48. The van der Waals surface area contributed by atoms with Gasteiger partial charge in [0.15, 0.2) is 0 Å². The van der Waals surface area contributed by atoms with Gasteiger partial charge in [0, 0.05) is 26.2 Å². The van der Waals surface area contributed by atoms with Crippen LogP contribution in [-0.2, 0) is 14.8 Å². The van der Waals surface area contributed by atoms with Gasteiger partial charge in [0.2, 0.25) is 15.9 Å². The summed E-state index contributed by atoms with van der Waals surface area (Å²) in [5.74, 6) is -0.110. The van der Waals surface area contributed by atoms with Gasteiger partial charge in [-0.2, -0.15) is 4.31 Å². The van der Waals surface area contributed by atoms with E-state index in [1.54, 1.807) is 23.1 Å². The molecule has 0 aliphatic carbocycles. The third-order valence-electron chi connectivity index (χ3n) is 3.92. The summed E-state index contributed by atoms with van der Waals surface area (Å²) in [7, 11) is -3.64. The number of benzene rings is 1.